The van der Waals surface area contributed by atoms with E-state index in [0.717, 1.165) is 37.7 Å². The summed E-state index contributed by atoms with van der Waals surface area (Å²) in [5.74, 6) is 0.299. The molecule has 1 aromatic rings. The number of hydrogen-bond donors (Lipinski definition) is 1. The summed E-state index contributed by atoms with van der Waals surface area (Å²) in [5.41, 5.74) is 0.383. The van der Waals surface area contributed by atoms with Crippen molar-refractivity contribution < 1.29 is 14.3 Å². The number of nitrogens with zero attached hydrogens (tertiary/aromatic N) is 1. The normalized spacial score (nSPS) is 18.8. The van der Waals surface area contributed by atoms with Gasteiger partial charge in [0.15, 0.2) is 10.8 Å². The number of hydrogen-bond acceptors (Lipinski definition) is 6. The molecule has 0 saturated carbocycles. The molecule has 1 fully saturated rings. The number of thiazole rings is 1. The smallest absolute Gasteiger partial charge is 0.357 e. The van der Waals surface area contributed by atoms with Crippen molar-refractivity contribution in [2.75, 3.05) is 31.7 Å². The van der Waals surface area contributed by atoms with Gasteiger partial charge in [-0.15, -0.1) is 11.3 Å². The van der Waals surface area contributed by atoms with Crippen LogP contribution in [-0.2, 0) is 9.47 Å². The van der Waals surface area contributed by atoms with Crippen LogP contribution in [0.4, 0.5) is 5.13 Å². The Balaban J connectivity index is 1.74. The average molecular weight is 270 g/mol. The molecule has 6 heteroatoms. The highest BCUT2D eigenvalue weighted by molar-refractivity contribution is 7.13. The summed E-state index contributed by atoms with van der Waals surface area (Å²) in [6.45, 7) is 4.78. The Morgan fingerprint density at radius 3 is 3.33 bits per heavy atom. The quantitative estimate of drug-likeness (QED) is 0.803. The molecule has 1 N–H and O–H groups in total. The fourth-order valence-corrected chi connectivity index (χ4v) is 2.56. The molecular weight excluding hydrogens is 252 g/mol. The first-order valence-corrected chi connectivity index (χ1v) is 7.12. The van der Waals surface area contributed by atoms with Crippen LogP contribution in [0, 0.1) is 5.92 Å². The van der Waals surface area contributed by atoms with Crippen LogP contribution < -0.4 is 5.32 Å². The monoisotopic (exact) mass is 270 g/mol. The van der Waals surface area contributed by atoms with Gasteiger partial charge in [-0.3, -0.25) is 0 Å². The molecule has 18 heavy (non-hydrogen) atoms. The summed E-state index contributed by atoms with van der Waals surface area (Å²) in [6.07, 6.45) is 2.22. The molecule has 2 heterocycles. The van der Waals surface area contributed by atoms with E-state index in [9.17, 15) is 4.79 Å². The molecule has 1 unspecified atom stereocenters. The number of carbonyl (C=O) groups is 1. The summed E-state index contributed by atoms with van der Waals surface area (Å²) in [7, 11) is 0. The highest BCUT2D eigenvalue weighted by atomic mass is 32.1. The van der Waals surface area contributed by atoms with Gasteiger partial charge in [0.05, 0.1) is 6.61 Å². The van der Waals surface area contributed by atoms with E-state index in [2.05, 4.69) is 10.3 Å². The molecule has 2 rings (SSSR count). The van der Waals surface area contributed by atoms with Crippen LogP contribution in [-0.4, -0.2) is 37.3 Å². The molecule has 0 bridgehead atoms. The Labute approximate surface area is 111 Å². The van der Waals surface area contributed by atoms with Gasteiger partial charge < -0.3 is 14.8 Å². The number of anilines is 1. The maximum atomic E-state index is 11.4. The maximum absolute atomic E-state index is 11.4. The Morgan fingerprint density at radius 2 is 2.61 bits per heavy atom. The molecule has 5 nitrogen and oxygen atoms in total. The van der Waals surface area contributed by atoms with Crippen molar-refractivity contribution in [3.05, 3.63) is 11.1 Å². The first-order valence-electron chi connectivity index (χ1n) is 6.24. The Morgan fingerprint density at radius 1 is 1.72 bits per heavy atom. The second-order valence-corrected chi connectivity index (χ2v) is 5.06. The molecule has 100 valence electrons. The van der Waals surface area contributed by atoms with E-state index in [-0.39, 0.29) is 5.97 Å². The third-order valence-corrected chi connectivity index (χ3v) is 3.64. The van der Waals surface area contributed by atoms with E-state index in [1.54, 1.807) is 12.3 Å². The van der Waals surface area contributed by atoms with Crippen LogP contribution in [0.5, 0.6) is 0 Å². The van der Waals surface area contributed by atoms with E-state index >= 15 is 0 Å². The molecule has 0 radical (unpaired) electrons. The van der Waals surface area contributed by atoms with Gasteiger partial charge in [-0.25, -0.2) is 9.78 Å². The van der Waals surface area contributed by atoms with Crippen LogP contribution in [0.3, 0.4) is 0 Å². The predicted octanol–water partition coefficient (Wildman–Crippen LogP) is 2.16. The maximum Gasteiger partial charge on any atom is 0.357 e. The SMILES string of the molecule is CCOC(=O)c1csc(NCCC2CCOC2)n1. The Bertz CT molecular complexity index is 388. The lowest BCUT2D eigenvalue weighted by atomic mass is 10.1. The predicted molar refractivity (Wildman–Crippen MR) is 70.1 cm³/mol. The van der Waals surface area contributed by atoms with Crippen molar-refractivity contribution in [2.45, 2.75) is 19.8 Å². The number of esters is 1. The summed E-state index contributed by atoms with van der Waals surface area (Å²) >= 11 is 1.43. The lowest BCUT2D eigenvalue weighted by molar-refractivity contribution is 0.0520. The first-order chi connectivity index (χ1) is 8.79. The lowest BCUT2D eigenvalue weighted by Gasteiger charge is -2.07. The fourth-order valence-electron chi connectivity index (χ4n) is 1.85. The van der Waals surface area contributed by atoms with Gasteiger partial charge >= 0.3 is 5.97 Å². The van der Waals surface area contributed by atoms with E-state index in [1.807, 2.05) is 0 Å². The minimum Gasteiger partial charge on any atom is -0.461 e. The van der Waals surface area contributed by atoms with E-state index in [4.69, 9.17) is 9.47 Å². The van der Waals surface area contributed by atoms with Gasteiger partial charge in [0.25, 0.3) is 0 Å². The zero-order valence-electron chi connectivity index (χ0n) is 10.5. The third kappa shape index (κ3) is 3.68. The second kappa shape index (κ2) is 6.70. The van der Waals surface area contributed by atoms with E-state index < -0.39 is 0 Å². The van der Waals surface area contributed by atoms with Crippen molar-refractivity contribution in [3.8, 4) is 0 Å². The van der Waals surface area contributed by atoms with E-state index in [1.165, 1.54) is 11.3 Å². The Hall–Kier alpha value is -1.14. The minimum absolute atomic E-state index is 0.356. The molecule has 1 atom stereocenters. The van der Waals surface area contributed by atoms with E-state index in [0.29, 0.717) is 18.2 Å². The number of ether oxygens (including phenoxy) is 2. The first kappa shape index (κ1) is 13.3. The highest BCUT2D eigenvalue weighted by Gasteiger charge is 2.15. The van der Waals surface area contributed by atoms with Gasteiger partial charge in [-0.1, -0.05) is 0 Å². The topological polar surface area (TPSA) is 60.5 Å². The minimum atomic E-state index is -0.356. The molecule has 1 aromatic heterocycles. The van der Waals surface area contributed by atoms with Gasteiger partial charge in [0, 0.05) is 25.1 Å². The average Bonchev–Trinajstić information content (AvgIpc) is 3.00. The van der Waals surface area contributed by atoms with Crippen molar-refractivity contribution in [2.24, 2.45) is 5.92 Å². The van der Waals surface area contributed by atoms with Gasteiger partial charge in [-0.2, -0.15) is 0 Å². The van der Waals surface area contributed by atoms with Crippen molar-refractivity contribution in [1.29, 1.82) is 0 Å². The molecule has 0 aliphatic carbocycles. The molecule has 0 amide bonds. The molecule has 1 aliphatic heterocycles. The van der Waals surface area contributed by atoms with Gasteiger partial charge in [0.1, 0.15) is 0 Å². The summed E-state index contributed by atoms with van der Waals surface area (Å²) in [6, 6.07) is 0. The van der Waals surface area contributed by atoms with Crippen LogP contribution in [0.15, 0.2) is 5.38 Å². The van der Waals surface area contributed by atoms with Crippen molar-refractivity contribution >= 4 is 22.4 Å². The number of rotatable bonds is 6. The van der Waals surface area contributed by atoms with Crippen molar-refractivity contribution in [1.82, 2.24) is 4.98 Å². The molecular formula is C12H18N2O3S. The highest BCUT2D eigenvalue weighted by Crippen LogP contribution is 2.19. The van der Waals surface area contributed by atoms with Gasteiger partial charge in [-0.05, 0) is 25.7 Å². The van der Waals surface area contributed by atoms with Crippen LogP contribution >= 0.6 is 11.3 Å². The second-order valence-electron chi connectivity index (χ2n) is 4.20. The molecule has 0 aromatic carbocycles. The van der Waals surface area contributed by atoms with Crippen molar-refractivity contribution in [3.63, 3.8) is 0 Å². The number of aromatic nitrogens is 1. The summed E-state index contributed by atoms with van der Waals surface area (Å²) in [4.78, 5) is 15.6. The summed E-state index contributed by atoms with van der Waals surface area (Å²) in [5, 5.41) is 5.73. The fraction of sp³-hybridized carbons (Fsp3) is 0.667. The molecule has 1 saturated heterocycles. The lowest BCUT2D eigenvalue weighted by Crippen LogP contribution is -2.09. The molecule has 0 spiro atoms. The standard InChI is InChI=1S/C12H18N2O3S/c1-2-17-11(15)10-8-18-12(14-10)13-5-3-9-4-6-16-7-9/h8-9H,2-7H2,1H3,(H,13,14). The number of carbonyl (C=O) groups excluding carboxylic acids is 1. The third-order valence-electron chi connectivity index (χ3n) is 2.84. The molecule has 1 aliphatic rings. The zero-order chi connectivity index (χ0) is 12.8. The number of nitrogens with one attached hydrogen (secondary N) is 1. The largest absolute Gasteiger partial charge is 0.461 e. The van der Waals surface area contributed by atoms with Crippen LogP contribution in [0.2, 0.25) is 0 Å². The summed E-state index contributed by atoms with van der Waals surface area (Å²) < 4.78 is 10.2. The Kier molecular flexibility index (Phi) is 4.95. The van der Waals surface area contributed by atoms with Crippen LogP contribution in [0.1, 0.15) is 30.3 Å². The zero-order valence-corrected chi connectivity index (χ0v) is 11.3. The van der Waals surface area contributed by atoms with Gasteiger partial charge in [0.2, 0.25) is 0 Å². The van der Waals surface area contributed by atoms with Crippen LogP contribution in [0.25, 0.3) is 0 Å².